The summed E-state index contributed by atoms with van der Waals surface area (Å²) in [4.78, 5) is 0.0500. The number of aryl methyl sites for hydroxylation is 1. The van der Waals surface area contributed by atoms with E-state index in [1.54, 1.807) is 25.1 Å². The van der Waals surface area contributed by atoms with Crippen molar-refractivity contribution in [2.75, 3.05) is 16.6 Å². The van der Waals surface area contributed by atoms with Crippen LogP contribution in [0.3, 0.4) is 0 Å². The van der Waals surface area contributed by atoms with Gasteiger partial charge in [-0.1, -0.05) is 18.2 Å². The summed E-state index contributed by atoms with van der Waals surface area (Å²) in [6.45, 7) is 1.80. The Morgan fingerprint density at radius 3 is 2.00 bits per heavy atom. The molecule has 0 radical (unpaired) electrons. The molecule has 0 bridgehead atoms. The predicted molar refractivity (Wildman–Crippen MR) is 120 cm³/mol. The maximum atomic E-state index is 12.6. The second kappa shape index (κ2) is 8.66. The van der Waals surface area contributed by atoms with Crippen LogP contribution in [0.1, 0.15) is 5.56 Å². The number of halogens is 1. The molecular formula is C20H19BrN2O5S2. The first-order chi connectivity index (χ1) is 14.1. The first-order valence-electron chi connectivity index (χ1n) is 8.67. The quantitative estimate of drug-likeness (QED) is 0.491. The molecule has 0 heterocycles. The highest BCUT2D eigenvalue weighted by molar-refractivity contribution is 9.10. The Labute approximate surface area is 184 Å². The molecule has 7 nitrogen and oxygen atoms in total. The summed E-state index contributed by atoms with van der Waals surface area (Å²) in [6, 6.07) is 16.8. The number of nitrogens with one attached hydrogen (secondary N) is 2. The van der Waals surface area contributed by atoms with E-state index in [1.165, 1.54) is 49.6 Å². The van der Waals surface area contributed by atoms with Gasteiger partial charge in [0, 0.05) is 5.69 Å². The van der Waals surface area contributed by atoms with Crippen molar-refractivity contribution in [3.05, 3.63) is 76.8 Å². The van der Waals surface area contributed by atoms with Gasteiger partial charge in [0.1, 0.15) is 5.75 Å². The van der Waals surface area contributed by atoms with Crippen LogP contribution in [-0.2, 0) is 20.0 Å². The summed E-state index contributed by atoms with van der Waals surface area (Å²) in [5.41, 5.74) is 1.50. The molecule has 3 aromatic carbocycles. The SMILES string of the molecule is COc1ccc(S(=O)(=O)Nc2ccc(S(=O)(=O)Nc3ccccc3C)cc2)cc1Br. The fraction of sp³-hybridized carbons (Fsp3) is 0.100. The molecule has 0 aliphatic rings. The van der Waals surface area contributed by atoms with Crippen LogP contribution in [0.4, 0.5) is 11.4 Å². The van der Waals surface area contributed by atoms with Crippen molar-refractivity contribution in [1.82, 2.24) is 0 Å². The molecular weight excluding hydrogens is 492 g/mol. The highest BCUT2D eigenvalue weighted by Crippen LogP contribution is 2.28. The van der Waals surface area contributed by atoms with Gasteiger partial charge in [-0.15, -0.1) is 0 Å². The lowest BCUT2D eigenvalue weighted by Gasteiger charge is -2.12. The lowest BCUT2D eigenvalue weighted by Crippen LogP contribution is -2.15. The highest BCUT2D eigenvalue weighted by atomic mass is 79.9. The Kier molecular flexibility index (Phi) is 6.39. The molecule has 0 saturated heterocycles. The van der Waals surface area contributed by atoms with Crippen LogP contribution >= 0.6 is 15.9 Å². The van der Waals surface area contributed by atoms with Crippen molar-refractivity contribution in [3.8, 4) is 5.75 Å². The fourth-order valence-electron chi connectivity index (χ4n) is 2.62. The zero-order valence-electron chi connectivity index (χ0n) is 16.1. The van der Waals surface area contributed by atoms with Gasteiger partial charge in [-0.2, -0.15) is 0 Å². The third kappa shape index (κ3) is 4.94. The van der Waals surface area contributed by atoms with E-state index in [0.29, 0.717) is 15.9 Å². The molecule has 30 heavy (non-hydrogen) atoms. The highest BCUT2D eigenvalue weighted by Gasteiger charge is 2.18. The molecule has 2 N–H and O–H groups in total. The Hall–Kier alpha value is -2.56. The monoisotopic (exact) mass is 510 g/mol. The number of anilines is 2. The first-order valence-corrected chi connectivity index (χ1v) is 12.4. The van der Waals surface area contributed by atoms with E-state index in [4.69, 9.17) is 4.74 Å². The molecule has 0 aromatic heterocycles. The van der Waals surface area contributed by atoms with Crippen molar-refractivity contribution < 1.29 is 21.6 Å². The number of sulfonamides is 2. The van der Waals surface area contributed by atoms with Crippen LogP contribution in [0, 0.1) is 6.92 Å². The Balaban J connectivity index is 1.80. The van der Waals surface area contributed by atoms with Crippen molar-refractivity contribution in [1.29, 1.82) is 0 Å². The molecule has 3 rings (SSSR count). The second-order valence-corrected chi connectivity index (χ2v) is 10.6. The first kappa shape index (κ1) is 22.1. The second-order valence-electron chi connectivity index (χ2n) is 6.35. The molecule has 0 amide bonds. The van der Waals surface area contributed by atoms with Gasteiger partial charge in [-0.25, -0.2) is 16.8 Å². The van der Waals surface area contributed by atoms with Crippen LogP contribution in [0.5, 0.6) is 5.75 Å². The van der Waals surface area contributed by atoms with Crippen LogP contribution in [0.15, 0.2) is 81.0 Å². The summed E-state index contributed by atoms with van der Waals surface area (Å²) in [7, 11) is -6.19. The van der Waals surface area contributed by atoms with E-state index < -0.39 is 20.0 Å². The lowest BCUT2D eigenvalue weighted by molar-refractivity contribution is 0.411. The smallest absolute Gasteiger partial charge is 0.261 e. The molecule has 0 aliphatic carbocycles. The summed E-state index contributed by atoms with van der Waals surface area (Å²) >= 11 is 3.26. The average molecular weight is 511 g/mol. The third-order valence-corrected chi connectivity index (χ3v) is 7.62. The van der Waals surface area contributed by atoms with Gasteiger partial charge in [0.2, 0.25) is 0 Å². The van der Waals surface area contributed by atoms with E-state index in [9.17, 15) is 16.8 Å². The molecule has 0 fully saturated rings. The minimum Gasteiger partial charge on any atom is -0.496 e. The number of hydrogen-bond acceptors (Lipinski definition) is 5. The van der Waals surface area contributed by atoms with Gasteiger partial charge in [-0.3, -0.25) is 9.44 Å². The fourth-order valence-corrected chi connectivity index (χ4v) is 5.53. The third-order valence-electron chi connectivity index (χ3n) is 4.24. The predicted octanol–water partition coefficient (Wildman–Crippen LogP) is 4.37. The molecule has 10 heteroatoms. The van der Waals surface area contributed by atoms with Crippen LogP contribution in [0.2, 0.25) is 0 Å². The van der Waals surface area contributed by atoms with Crippen molar-refractivity contribution in [2.24, 2.45) is 0 Å². The molecule has 0 atom stereocenters. The number of rotatable bonds is 7. The molecule has 0 unspecified atom stereocenters. The van der Waals surface area contributed by atoms with Crippen molar-refractivity contribution in [2.45, 2.75) is 16.7 Å². The number of benzene rings is 3. The maximum absolute atomic E-state index is 12.6. The standard InChI is InChI=1S/C20H19BrN2O5S2/c1-14-5-3-4-6-19(14)23-29(24,25)16-9-7-15(8-10-16)22-30(26,27)17-11-12-20(28-2)18(21)13-17/h3-13,22-23H,1-2H3. The van der Waals surface area contributed by atoms with E-state index in [-0.39, 0.29) is 15.5 Å². The molecule has 0 aliphatic heterocycles. The summed E-state index contributed by atoms with van der Waals surface area (Å²) in [5, 5.41) is 0. The van der Waals surface area contributed by atoms with E-state index in [0.717, 1.165) is 5.56 Å². The minimum absolute atomic E-state index is 0.0147. The normalized spacial score (nSPS) is 11.7. The van der Waals surface area contributed by atoms with Gasteiger partial charge < -0.3 is 4.74 Å². The number of ether oxygens (including phenoxy) is 1. The molecule has 158 valence electrons. The van der Waals surface area contributed by atoms with E-state index >= 15 is 0 Å². The molecule has 0 spiro atoms. The van der Waals surface area contributed by atoms with Crippen LogP contribution in [0.25, 0.3) is 0 Å². The van der Waals surface area contributed by atoms with Gasteiger partial charge in [0.05, 0.1) is 27.1 Å². The number of para-hydroxylation sites is 1. The zero-order valence-corrected chi connectivity index (χ0v) is 19.3. The van der Waals surface area contributed by atoms with E-state index in [2.05, 4.69) is 25.4 Å². The summed E-state index contributed by atoms with van der Waals surface area (Å²) in [5.74, 6) is 0.504. The van der Waals surface area contributed by atoms with Gasteiger partial charge >= 0.3 is 0 Å². The Morgan fingerprint density at radius 1 is 0.800 bits per heavy atom. The average Bonchev–Trinajstić information content (AvgIpc) is 2.69. The lowest BCUT2D eigenvalue weighted by atomic mass is 10.2. The van der Waals surface area contributed by atoms with Crippen LogP contribution in [-0.4, -0.2) is 23.9 Å². The summed E-state index contributed by atoms with van der Waals surface area (Å²) < 4.78 is 61.0. The summed E-state index contributed by atoms with van der Waals surface area (Å²) in [6.07, 6.45) is 0. The molecule has 3 aromatic rings. The number of hydrogen-bond donors (Lipinski definition) is 2. The Bertz CT molecular complexity index is 1270. The van der Waals surface area contributed by atoms with Crippen molar-refractivity contribution in [3.63, 3.8) is 0 Å². The van der Waals surface area contributed by atoms with Gasteiger partial charge in [0.15, 0.2) is 0 Å². The van der Waals surface area contributed by atoms with Gasteiger partial charge in [0.25, 0.3) is 20.0 Å². The Morgan fingerprint density at radius 2 is 1.40 bits per heavy atom. The maximum Gasteiger partial charge on any atom is 0.261 e. The topological polar surface area (TPSA) is 102 Å². The van der Waals surface area contributed by atoms with Crippen LogP contribution < -0.4 is 14.2 Å². The molecule has 0 saturated carbocycles. The van der Waals surface area contributed by atoms with Gasteiger partial charge in [-0.05, 0) is 76.9 Å². The van der Waals surface area contributed by atoms with E-state index in [1.807, 2.05) is 6.07 Å². The largest absolute Gasteiger partial charge is 0.496 e. The zero-order chi connectivity index (χ0) is 21.9. The van der Waals surface area contributed by atoms with Crippen molar-refractivity contribution >= 4 is 47.4 Å². The number of methoxy groups -OCH3 is 1. The minimum atomic E-state index is -3.86.